The van der Waals surface area contributed by atoms with E-state index in [2.05, 4.69) is 6.92 Å². The topological polar surface area (TPSA) is 0 Å². The Morgan fingerprint density at radius 2 is 0.800 bits per heavy atom. The second kappa shape index (κ2) is 6.14. The van der Waals surface area contributed by atoms with Crippen LogP contribution in [0.3, 0.4) is 0 Å². The van der Waals surface area contributed by atoms with Gasteiger partial charge in [0.2, 0.25) is 5.67 Å². The smallest absolute Gasteiger partial charge is 0.230 e. The zero-order valence-corrected chi connectivity index (χ0v) is 13.3. The highest BCUT2D eigenvalue weighted by Crippen LogP contribution is 2.69. The molecule has 2 aliphatic rings. The highest BCUT2D eigenvalue weighted by atomic mass is 19.4. The van der Waals surface area contributed by atoms with Crippen LogP contribution >= 0.6 is 0 Å². The molecule has 0 spiro atoms. The molecule has 0 amide bonds. The van der Waals surface area contributed by atoms with Gasteiger partial charge in [0.1, 0.15) is 0 Å². The lowest BCUT2D eigenvalue weighted by atomic mass is 9.73. The highest BCUT2D eigenvalue weighted by Gasteiger charge is 2.99. The molecule has 2 fully saturated rings. The van der Waals surface area contributed by atoms with Crippen molar-refractivity contribution >= 4 is 0 Å². The van der Waals surface area contributed by atoms with E-state index >= 15 is 0 Å². The second-order valence-corrected chi connectivity index (χ2v) is 6.62. The average Bonchev–Trinajstić information content (AvgIpc) is 2.46. The van der Waals surface area contributed by atoms with Crippen LogP contribution in [0.2, 0.25) is 0 Å². The molecule has 0 heterocycles. The van der Waals surface area contributed by atoms with Crippen molar-refractivity contribution in [3.63, 3.8) is 0 Å². The molecule has 0 unspecified atom stereocenters. The van der Waals surface area contributed by atoms with Gasteiger partial charge in [-0.15, -0.1) is 0 Å². The van der Waals surface area contributed by atoms with Gasteiger partial charge in [-0.3, -0.25) is 0 Å². The van der Waals surface area contributed by atoms with Gasteiger partial charge in [0.15, 0.2) is 0 Å². The van der Waals surface area contributed by atoms with Crippen molar-refractivity contribution in [1.29, 1.82) is 0 Å². The van der Waals surface area contributed by atoms with E-state index in [9.17, 15) is 48.3 Å². The molecule has 0 atom stereocenters. The summed E-state index contributed by atoms with van der Waals surface area (Å²) in [5.74, 6) is -33.4. The van der Waals surface area contributed by atoms with E-state index in [0.29, 0.717) is 0 Å². The molecule has 2 aliphatic carbocycles. The van der Waals surface area contributed by atoms with Crippen molar-refractivity contribution in [2.45, 2.75) is 81.2 Å². The van der Waals surface area contributed by atoms with Crippen molar-refractivity contribution in [2.75, 3.05) is 0 Å². The lowest BCUT2D eigenvalue weighted by Gasteiger charge is -2.51. The Bertz CT molecular complexity index is 358. The van der Waals surface area contributed by atoms with Gasteiger partial charge < -0.3 is 0 Å². The van der Waals surface area contributed by atoms with Gasteiger partial charge in [0.25, 0.3) is 0 Å². The molecular formula is C14H17F11. The van der Waals surface area contributed by atoms with Crippen LogP contribution in [0, 0.1) is 5.92 Å². The Balaban J connectivity index is 0.000000370. The van der Waals surface area contributed by atoms with Gasteiger partial charge in [-0.05, 0) is 12.8 Å². The first-order chi connectivity index (χ1) is 10.9. The Morgan fingerprint density at radius 1 is 0.520 bits per heavy atom. The molecular weight excluding hydrogens is 377 g/mol. The summed E-state index contributed by atoms with van der Waals surface area (Å²) in [6, 6.07) is 0. The SMILES string of the molecule is CC1(F)C(F)(F)C(F)(F)C(F)(F)C(F)(F)C1(F)F.CC1CCCCC1. The molecule has 0 bridgehead atoms. The number of hydrogen-bond acceptors (Lipinski definition) is 0. The Morgan fingerprint density at radius 3 is 1.04 bits per heavy atom. The molecule has 25 heavy (non-hydrogen) atoms. The summed E-state index contributed by atoms with van der Waals surface area (Å²) in [4.78, 5) is 0. The van der Waals surface area contributed by atoms with Crippen LogP contribution < -0.4 is 0 Å². The summed E-state index contributed by atoms with van der Waals surface area (Å²) < 4.78 is 139. The maximum atomic E-state index is 13.0. The van der Waals surface area contributed by atoms with E-state index < -0.39 is 42.2 Å². The van der Waals surface area contributed by atoms with E-state index in [1.807, 2.05) is 0 Å². The van der Waals surface area contributed by atoms with Crippen LogP contribution in [0.4, 0.5) is 48.3 Å². The Hall–Kier alpha value is -0.770. The third kappa shape index (κ3) is 2.79. The number of alkyl halides is 11. The van der Waals surface area contributed by atoms with Crippen LogP contribution in [-0.2, 0) is 0 Å². The minimum Gasteiger partial charge on any atom is -0.230 e. The summed E-state index contributed by atoms with van der Waals surface area (Å²) in [6.07, 6.45) is 7.44. The van der Waals surface area contributed by atoms with E-state index in [4.69, 9.17) is 0 Å². The minimum atomic E-state index is -7.11. The van der Waals surface area contributed by atoms with E-state index in [1.165, 1.54) is 32.1 Å². The van der Waals surface area contributed by atoms with Gasteiger partial charge >= 0.3 is 29.6 Å². The molecule has 2 rings (SSSR count). The standard InChI is InChI=1S/C7H3F11.C7H14/c1-2(8)3(9,10)5(13,14)7(17,18)6(15,16)4(2,11)12;1-7-5-3-2-4-6-7/h1H3;7H,2-6H2,1H3. The van der Waals surface area contributed by atoms with Crippen molar-refractivity contribution in [3.8, 4) is 0 Å². The summed E-state index contributed by atoms with van der Waals surface area (Å²) in [5, 5.41) is 0. The lowest BCUT2D eigenvalue weighted by Crippen LogP contribution is -2.82. The van der Waals surface area contributed by atoms with Crippen LogP contribution in [0.25, 0.3) is 0 Å². The zero-order valence-electron chi connectivity index (χ0n) is 13.3. The minimum absolute atomic E-state index is 0.982. The molecule has 0 aromatic carbocycles. The van der Waals surface area contributed by atoms with Crippen LogP contribution in [0.15, 0.2) is 0 Å². The Kier molecular flexibility index (Phi) is 5.47. The quantitative estimate of drug-likeness (QED) is 0.412. The van der Waals surface area contributed by atoms with Crippen molar-refractivity contribution in [2.24, 2.45) is 5.92 Å². The first kappa shape index (κ1) is 22.3. The molecule has 150 valence electrons. The summed E-state index contributed by atoms with van der Waals surface area (Å²) in [5.41, 5.74) is -5.85. The first-order valence-corrected chi connectivity index (χ1v) is 7.47. The third-order valence-electron chi connectivity index (χ3n) is 4.65. The molecule has 0 radical (unpaired) electrons. The van der Waals surface area contributed by atoms with Crippen LogP contribution in [-0.4, -0.2) is 35.3 Å². The maximum Gasteiger partial charge on any atom is 0.384 e. The van der Waals surface area contributed by atoms with E-state index in [0.717, 1.165) is 5.92 Å². The monoisotopic (exact) mass is 394 g/mol. The Labute approximate surface area is 136 Å². The molecule has 2 saturated carbocycles. The van der Waals surface area contributed by atoms with Crippen LogP contribution in [0.5, 0.6) is 0 Å². The summed E-state index contributed by atoms with van der Waals surface area (Å²) in [6.45, 7) is 1.38. The normalized spacial score (nSPS) is 31.6. The third-order valence-corrected chi connectivity index (χ3v) is 4.65. The van der Waals surface area contributed by atoms with Gasteiger partial charge in [-0.1, -0.05) is 39.0 Å². The zero-order chi connectivity index (χ0) is 20.1. The predicted octanol–water partition coefficient (Wildman–Crippen LogP) is 6.49. The van der Waals surface area contributed by atoms with Crippen LogP contribution in [0.1, 0.15) is 46.0 Å². The molecule has 0 aromatic rings. The molecule has 0 N–H and O–H groups in total. The lowest BCUT2D eigenvalue weighted by molar-refractivity contribution is -0.482. The molecule has 0 nitrogen and oxygen atoms in total. The fourth-order valence-electron chi connectivity index (χ4n) is 2.69. The predicted molar refractivity (Wildman–Crippen MR) is 66.5 cm³/mol. The fraction of sp³-hybridized carbons (Fsp3) is 1.00. The molecule has 11 heteroatoms. The summed E-state index contributed by atoms with van der Waals surface area (Å²) in [7, 11) is 0. The maximum absolute atomic E-state index is 13.0. The van der Waals surface area contributed by atoms with Gasteiger partial charge in [-0.25, -0.2) is 4.39 Å². The van der Waals surface area contributed by atoms with Gasteiger partial charge in [0, 0.05) is 0 Å². The molecule has 0 saturated heterocycles. The largest absolute Gasteiger partial charge is 0.384 e. The van der Waals surface area contributed by atoms with E-state index in [1.54, 1.807) is 0 Å². The number of hydrogen-bond donors (Lipinski definition) is 0. The highest BCUT2D eigenvalue weighted by molar-refractivity contribution is 5.25. The van der Waals surface area contributed by atoms with Crippen molar-refractivity contribution < 1.29 is 48.3 Å². The van der Waals surface area contributed by atoms with Crippen molar-refractivity contribution in [1.82, 2.24) is 0 Å². The second-order valence-electron chi connectivity index (χ2n) is 6.62. The average molecular weight is 394 g/mol. The fourth-order valence-corrected chi connectivity index (χ4v) is 2.69. The number of halogens is 11. The van der Waals surface area contributed by atoms with E-state index in [-0.39, 0.29) is 0 Å². The molecule has 0 aliphatic heterocycles. The molecule has 0 aromatic heterocycles. The van der Waals surface area contributed by atoms with Gasteiger partial charge in [0.05, 0.1) is 0 Å². The van der Waals surface area contributed by atoms with Gasteiger partial charge in [-0.2, -0.15) is 43.9 Å². The first-order valence-electron chi connectivity index (χ1n) is 7.47. The summed E-state index contributed by atoms with van der Waals surface area (Å²) >= 11 is 0. The van der Waals surface area contributed by atoms with Crippen molar-refractivity contribution in [3.05, 3.63) is 0 Å². The number of rotatable bonds is 0.